The van der Waals surface area contributed by atoms with Crippen LogP contribution in [0.3, 0.4) is 0 Å². The maximum absolute atomic E-state index is 3.48. The van der Waals surface area contributed by atoms with Crippen molar-refractivity contribution in [1.29, 1.82) is 0 Å². The van der Waals surface area contributed by atoms with Crippen LogP contribution in [0.2, 0.25) is 0 Å². The summed E-state index contributed by atoms with van der Waals surface area (Å²) >= 11 is 0. The minimum atomic E-state index is 0.254. The van der Waals surface area contributed by atoms with Crippen LogP contribution >= 0.6 is 0 Å². The van der Waals surface area contributed by atoms with Gasteiger partial charge in [-0.05, 0) is 40.4 Å². The number of nitrogens with zero attached hydrogens (tertiary/aromatic N) is 1. The monoisotopic (exact) mass is 200 g/mol. The van der Waals surface area contributed by atoms with E-state index in [1.54, 1.807) is 0 Å². The van der Waals surface area contributed by atoms with Gasteiger partial charge in [0.1, 0.15) is 0 Å². The zero-order valence-electron chi connectivity index (χ0n) is 11.0. The van der Waals surface area contributed by atoms with Crippen LogP contribution in [0.4, 0.5) is 0 Å². The van der Waals surface area contributed by atoms with Crippen LogP contribution in [0.1, 0.15) is 40.5 Å². The molecule has 0 radical (unpaired) electrons. The van der Waals surface area contributed by atoms with Gasteiger partial charge in [-0.1, -0.05) is 27.2 Å². The molecule has 0 aliphatic carbocycles. The van der Waals surface area contributed by atoms with Gasteiger partial charge in [0.15, 0.2) is 0 Å². The summed E-state index contributed by atoms with van der Waals surface area (Å²) in [6, 6.07) is 0.562. The van der Waals surface area contributed by atoms with Crippen molar-refractivity contribution in [2.45, 2.75) is 52.1 Å². The summed E-state index contributed by atoms with van der Waals surface area (Å²) in [6.45, 7) is 9.21. The molecule has 0 aliphatic heterocycles. The Kier molecular flexibility index (Phi) is 5.68. The quantitative estimate of drug-likeness (QED) is 0.708. The fourth-order valence-electron chi connectivity index (χ4n) is 2.26. The highest BCUT2D eigenvalue weighted by Crippen LogP contribution is 2.27. The Hall–Kier alpha value is -0.0800. The summed E-state index contributed by atoms with van der Waals surface area (Å²) in [5.41, 5.74) is 0.254. The van der Waals surface area contributed by atoms with Crippen LogP contribution in [-0.4, -0.2) is 37.6 Å². The van der Waals surface area contributed by atoms with Gasteiger partial charge in [-0.25, -0.2) is 0 Å². The Balaban J connectivity index is 4.76. The number of hydrogen-bond donors (Lipinski definition) is 1. The predicted octanol–water partition coefficient (Wildman–Crippen LogP) is 2.35. The van der Waals surface area contributed by atoms with Crippen molar-refractivity contribution in [2.75, 3.05) is 21.1 Å². The maximum atomic E-state index is 3.48. The normalized spacial score (nSPS) is 20.6. The molecule has 0 heterocycles. The Bertz CT molecular complexity index is 156. The van der Waals surface area contributed by atoms with Gasteiger partial charge in [-0.3, -0.25) is 0 Å². The molecule has 2 heteroatoms. The number of hydrogen-bond acceptors (Lipinski definition) is 2. The molecule has 3 unspecified atom stereocenters. The molecule has 0 aromatic carbocycles. The van der Waals surface area contributed by atoms with Gasteiger partial charge >= 0.3 is 0 Å². The van der Waals surface area contributed by atoms with Gasteiger partial charge in [-0.2, -0.15) is 0 Å². The lowest BCUT2D eigenvalue weighted by atomic mass is 9.80. The third-order valence-corrected chi connectivity index (χ3v) is 3.93. The second-order valence-corrected chi connectivity index (χ2v) is 4.76. The van der Waals surface area contributed by atoms with Crippen LogP contribution < -0.4 is 5.32 Å². The highest BCUT2D eigenvalue weighted by molar-refractivity contribution is 4.95. The first-order valence-electron chi connectivity index (χ1n) is 5.78. The Morgan fingerprint density at radius 2 is 1.79 bits per heavy atom. The first kappa shape index (κ1) is 13.9. The molecule has 0 amide bonds. The minimum absolute atomic E-state index is 0.254. The van der Waals surface area contributed by atoms with Crippen LogP contribution in [0, 0.1) is 5.92 Å². The smallest absolute Gasteiger partial charge is 0.0328 e. The lowest BCUT2D eigenvalue weighted by molar-refractivity contribution is 0.0878. The molecule has 14 heavy (non-hydrogen) atoms. The van der Waals surface area contributed by atoms with E-state index in [-0.39, 0.29) is 5.54 Å². The Labute approximate surface area is 90.1 Å². The van der Waals surface area contributed by atoms with E-state index in [9.17, 15) is 0 Å². The van der Waals surface area contributed by atoms with E-state index in [4.69, 9.17) is 0 Å². The highest BCUT2D eigenvalue weighted by Gasteiger charge is 2.36. The SMILES string of the molecule is CCC(C)C(NC)C(C)(CC)N(C)C. The largest absolute Gasteiger partial charge is 0.315 e. The van der Waals surface area contributed by atoms with Gasteiger partial charge in [0.25, 0.3) is 0 Å². The zero-order valence-corrected chi connectivity index (χ0v) is 11.0. The lowest BCUT2D eigenvalue weighted by Crippen LogP contribution is -2.58. The molecule has 3 atom stereocenters. The van der Waals surface area contributed by atoms with E-state index < -0.39 is 0 Å². The Morgan fingerprint density at radius 3 is 2.00 bits per heavy atom. The van der Waals surface area contributed by atoms with E-state index in [2.05, 4.69) is 59.1 Å². The molecule has 0 aromatic rings. The minimum Gasteiger partial charge on any atom is -0.315 e. The van der Waals surface area contributed by atoms with Crippen LogP contribution in [-0.2, 0) is 0 Å². The molecule has 1 N–H and O–H groups in total. The summed E-state index contributed by atoms with van der Waals surface area (Å²) in [5.74, 6) is 0.715. The van der Waals surface area contributed by atoms with Crippen molar-refractivity contribution in [2.24, 2.45) is 5.92 Å². The van der Waals surface area contributed by atoms with Crippen LogP contribution in [0.5, 0.6) is 0 Å². The first-order chi connectivity index (χ1) is 6.43. The van der Waals surface area contributed by atoms with Crippen molar-refractivity contribution >= 4 is 0 Å². The van der Waals surface area contributed by atoms with Crippen molar-refractivity contribution in [3.8, 4) is 0 Å². The molecule has 2 nitrogen and oxygen atoms in total. The number of likely N-dealkylation sites (N-methyl/N-ethyl adjacent to an activating group) is 2. The van der Waals surface area contributed by atoms with E-state index in [0.29, 0.717) is 12.0 Å². The van der Waals surface area contributed by atoms with E-state index in [0.717, 1.165) is 0 Å². The molecule has 0 bridgehead atoms. The molecule has 0 rings (SSSR count). The van der Waals surface area contributed by atoms with Gasteiger partial charge in [0, 0.05) is 11.6 Å². The molecular weight excluding hydrogens is 172 g/mol. The fourth-order valence-corrected chi connectivity index (χ4v) is 2.26. The van der Waals surface area contributed by atoms with Crippen LogP contribution in [0.25, 0.3) is 0 Å². The summed E-state index contributed by atoms with van der Waals surface area (Å²) in [4.78, 5) is 2.35. The lowest BCUT2D eigenvalue weighted by Gasteiger charge is -2.45. The number of nitrogens with one attached hydrogen (secondary N) is 1. The molecule has 0 spiro atoms. The second kappa shape index (κ2) is 5.72. The van der Waals surface area contributed by atoms with Crippen molar-refractivity contribution in [3.63, 3.8) is 0 Å². The average Bonchev–Trinajstić information content (AvgIpc) is 2.17. The van der Waals surface area contributed by atoms with Crippen LogP contribution in [0.15, 0.2) is 0 Å². The highest BCUT2D eigenvalue weighted by atomic mass is 15.2. The van der Waals surface area contributed by atoms with Crippen molar-refractivity contribution in [1.82, 2.24) is 10.2 Å². The zero-order chi connectivity index (χ0) is 11.4. The van der Waals surface area contributed by atoms with Gasteiger partial charge in [-0.15, -0.1) is 0 Å². The van der Waals surface area contributed by atoms with Gasteiger partial charge in [0.2, 0.25) is 0 Å². The van der Waals surface area contributed by atoms with E-state index >= 15 is 0 Å². The number of rotatable bonds is 6. The third-order valence-electron chi connectivity index (χ3n) is 3.93. The summed E-state index contributed by atoms with van der Waals surface area (Å²) in [7, 11) is 6.43. The van der Waals surface area contributed by atoms with Gasteiger partial charge < -0.3 is 10.2 Å². The van der Waals surface area contributed by atoms with Crippen molar-refractivity contribution < 1.29 is 0 Å². The summed E-state index contributed by atoms with van der Waals surface area (Å²) in [6.07, 6.45) is 2.41. The predicted molar refractivity (Wildman–Crippen MR) is 64.7 cm³/mol. The van der Waals surface area contributed by atoms with Gasteiger partial charge in [0.05, 0.1) is 0 Å². The first-order valence-corrected chi connectivity index (χ1v) is 5.78. The fraction of sp³-hybridized carbons (Fsp3) is 1.00. The standard InChI is InChI=1S/C12H28N2/c1-8-10(3)11(13-5)12(4,9-2)14(6)7/h10-11,13H,8-9H2,1-7H3. The molecule has 86 valence electrons. The summed E-state index contributed by atoms with van der Waals surface area (Å²) < 4.78 is 0. The third kappa shape index (κ3) is 2.71. The second-order valence-electron chi connectivity index (χ2n) is 4.76. The molecule has 0 saturated heterocycles. The van der Waals surface area contributed by atoms with E-state index in [1.807, 2.05) is 0 Å². The average molecular weight is 200 g/mol. The summed E-state index contributed by atoms with van der Waals surface area (Å²) in [5, 5.41) is 3.48. The Morgan fingerprint density at radius 1 is 1.29 bits per heavy atom. The maximum Gasteiger partial charge on any atom is 0.0328 e. The van der Waals surface area contributed by atoms with E-state index in [1.165, 1.54) is 12.8 Å². The molecular formula is C12H28N2. The molecule has 0 fully saturated rings. The molecule has 0 aromatic heterocycles. The molecule has 0 aliphatic rings. The topological polar surface area (TPSA) is 15.3 Å². The van der Waals surface area contributed by atoms with Crippen molar-refractivity contribution in [3.05, 3.63) is 0 Å². The molecule has 0 saturated carbocycles.